The van der Waals surface area contributed by atoms with Gasteiger partial charge in [0.1, 0.15) is 0 Å². The molecular formula is C15H14Cl3N. The normalized spacial score (nSPS) is 12.3. The molecule has 1 atom stereocenters. The van der Waals surface area contributed by atoms with Gasteiger partial charge in [-0.25, -0.2) is 0 Å². The summed E-state index contributed by atoms with van der Waals surface area (Å²) in [5, 5.41) is 5.30. The van der Waals surface area contributed by atoms with Crippen molar-refractivity contribution in [3.8, 4) is 0 Å². The van der Waals surface area contributed by atoms with Crippen molar-refractivity contribution in [1.82, 2.24) is 0 Å². The van der Waals surface area contributed by atoms with Gasteiger partial charge in [-0.05, 0) is 43.2 Å². The topological polar surface area (TPSA) is 12.0 Å². The van der Waals surface area contributed by atoms with Crippen molar-refractivity contribution in [3.63, 3.8) is 0 Å². The Bertz CT molecular complexity index is 596. The number of anilines is 1. The maximum absolute atomic E-state index is 6.23. The molecule has 0 radical (unpaired) electrons. The molecule has 0 aliphatic heterocycles. The van der Waals surface area contributed by atoms with E-state index >= 15 is 0 Å². The summed E-state index contributed by atoms with van der Waals surface area (Å²) in [6.45, 7) is 4.02. The van der Waals surface area contributed by atoms with Crippen LogP contribution in [-0.4, -0.2) is 0 Å². The number of rotatable bonds is 3. The van der Waals surface area contributed by atoms with Crippen molar-refractivity contribution in [2.45, 2.75) is 19.9 Å². The summed E-state index contributed by atoms with van der Waals surface area (Å²) in [5.74, 6) is 0. The molecule has 2 rings (SSSR count). The van der Waals surface area contributed by atoms with E-state index < -0.39 is 0 Å². The summed E-state index contributed by atoms with van der Waals surface area (Å²) in [6, 6.07) is 11.5. The molecule has 0 aliphatic rings. The molecule has 100 valence electrons. The quantitative estimate of drug-likeness (QED) is 0.718. The number of hydrogen-bond acceptors (Lipinski definition) is 1. The van der Waals surface area contributed by atoms with Crippen molar-refractivity contribution in [2.24, 2.45) is 0 Å². The molecule has 0 fully saturated rings. The Balaban J connectivity index is 2.28. The zero-order chi connectivity index (χ0) is 14.0. The van der Waals surface area contributed by atoms with Crippen molar-refractivity contribution in [1.29, 1.82) is 0 Å². The Hall–Kier alpha value is -0.890. The monoisotopic (exact) mass is 313 g/mol. The van der Waals surface area contributed by atoms with Crippen LogP contribution in [0.2, 0.25) is 15.1 Å². The minimum atomic E-state index is 0.0448. The fourth-order valence-electron chi connectivity index (χ4n) is 1.93. The van der Waals surface area contributed by atoms with Crippen LogP contribution in [-0.2, 0) is 0 Å². The second kappa shape index (κ2) is 6.04. The first kappa shape index (κ1) is 14.5. The van der Waals surface area contributed by atoms with Gasteiger partial charge < -0.3 is 5.32 Å². The fraction of sp³-hybridized carbons (Fsp3) is 0.200. The smallest absolute Gasteiger partial charge is 0.0644 e. The maximum atomic E-state index is 6.23. The van der Waals surface area contributed by atoms with Crippen LogP contribution in [0.25, 0.3) is 0 Å². The van der Waals surface area contributed by atoms with E-state index in [1.54, 1.807) is 6.07 Å². The van der Waals surface area contributed by atoms with Gasteiger partial charge in [-0.3, -0.25) is 0 Å². The number of hydrogen-bond donors (Lipinski definition) is 1. The zero-order valence-corrected chi connectivity index (χ0v) is 12.9. The van der Waals surface area contributed by atoms with E-state index in [4.69, 9.17) is 34.8 Å². The highest BCUT2D eigenvalue weighted by atomic mass is 35.5. The minimum absolute atomic E-state index is 0.0448. The number of nitrogens with one attached hydrogen (secondary N) is 1. The predicted molar refractivity (Wildman–Crippen MR) is 84.7 cm³/mol. The lowest BCUT2D eigenvalue weighted by Gasteiger charge is -2.19. The van der Waals surface area contributed by atoms with Crippen LogP contribution in [0.15, 0.2) is 36.4 Å². The van der Waals surface area contributed by atoms with Crippen LogP contribution in [0.5, 0.6) is 0 Å². The van der Waals surface area contributed by atoms with E-state index in [1.165, 1.54) is 0 Å². The molecular weight excluding hydrogens is 301 g/mol. The van der Waals surface area contributed by atoms with Gasteiger partial charge in [-0.15, -0.1) is 0 Å². The molecule has 1 unspecified atom stereocenters. The van der Waals surface area contributed by atoms with Gasteiger partial charge >= 0.3 is 0 Å². The molecule has 4 heteroatoms. The Morgan fingerprint density at radius 2 is 1.58 bits per heavy atom. The summed E-state index contributed by atoms with van der Waals surface area (Å²) < 4.78 is 0. The van der Waals surface area contributed by atoms with Crippen LogP contribution >= 0.6 is 34.8 Å². The average Bonchev–Trinajstić information content (AvgIpc) is 2.38. The summed E-state index contributed by atoms with van der Waals surface area (Å²) >= 11 is 18.4. The van der Waals surface area contributed by atoms with Gasteiger partial charge in [0.25, 0.3) is 0 Å². The second-order valence-electron chi connectivity index (χ2n) is 4.42. The molecule has 0 aromatic heterocycles. The second-order valence-corrected chi connectivity index (χ2v) is 5.61. The standard InChI is InChI=1S/C15H14Cl3N/c1-9-12(16)6-4-8-14(9)19-10(2)11-5-3-7-13(17)15(11)18/h3-8,10,19H,1-2H3. The zero-order valence-electron chi connectivity index (χ0n) is 10.7. The van der Waals surface area contributed by atoms with E-state index in [9.17, 15) is 0 Å². The summed E-state index contributed by atoms with van der Waals surface area (Å²) in [7, 11) is 0. The van der Waals surface area contributed by atoms with Crippen molar-refractivity contribution >= 4 is 40.5 Å². The van der Waals surface area contributed by atoms with Gasteiger partial charge in [-0.1, -0.05) is 53.0 Å². The molecule has 1 N–H and O–H groups in total. The molecule has 0 bridgehead atoms. The first-order chi connectivity index (χ1) is 9.00. The summed E-state index contributed by atoms with van der Waals surface area (Å²) in [5.41, 5.74) is 2.98. The highest BCUT2D eigenvalue weighted by Crippen LogP contribution is 2.33. The number of benzene rings is 2. The fourth-order valence-corrected chi connectivity index (χ4v) is 2.58. The molecule has 0 aliphatic carbocycles. The molecule has 0 spiro atoms. The van der Waals surface area contributed by atoms with Crippen LogP contribution in [0.3, 0.4) is 0 Å². The van der Waals surface area contributed by atoms with Crippen molar-refractivity contribution in [3.05, 3.63) is 62.6 Å². The van der Waals surface area contributed by atoms with E-state index in [-0.39, 0.29) is 6.04 Å². The Kier molecular flexibility index (Phi) is 4.62. The third-order valence-corrected chi connectivity index (χ3v) is 4.33. The first-order valence-electron chi connectivity index (χ1n) is 5.96. The number of halogens is 3. The van der Waals surface area contributed by atoms with Gasteiger partial charge in [0.15, 0.2) is 0 Å². The minimum Gasteiger partial charge on any atom is -0.378 e. The highest BCUT2D eigenvalue weighted by molar-refractivity contribution is 6.42. The Morgan fingerprint density at radius 3 is 2.32 bits per heavy atom. The molecule has 0 saturated carbocycles. The van der Waals surface area contributed by atoms with Crippen LogP contribution < -0.4 is 5.32 Å². The van der Waals surface area contributed by atoms with Crippen LogP contribution in [0, 0.1) is 6.92 Å². The lowest BCUT2D eigenvalue weighted by molar-refractivity contribution is 0.883. The summed E-state index contributed by atoms with van der Waals surface area (Å²) in [4.78, 5) is 0. The highest BCUT2D eigenvalue weighted by Gasteiger charge is 2.13. The molecule has 2 aromatic carbocycles. The van der Waals surface area contributed by atoms with Gasteiger partial charge in [-0.2, -0.15) is 0 Å². The largest absolute Gasteiger partial charge is 0.378 e. The Morgan fingerprint density at radius 1 is 0.947 bits per heavy atom. The first-order valence-corrected chi connectivity index (χ1v) is 7.09. The van der Waals surface area contributed by atoms with Crippen molar-refractivity contribution < 1.29 is 0 Å². The molecule has 2 aromatic rings. The van der Waals surface area contributed by atoms with E-state index in [2.05, 4.69) is 5.32 Å². The van der Waals surface area contributed by atoms with E-state index in [0.717, 1.165) is 21.8 Å². The van der Waals surface area contributed by atoms with Crippen molar-refractivity contribution in [2.75, 3.05) is 5.32 Å². The van der Waals surface area contributed by atoms with Crippen LogP contribution in [0.1, 0.15) is 24.1 Å². The Labute approximate surface area is 128 Å². The third-order valence-electron chi connectivity index (χ3n) is 3.09. The van der Waals surface area contributed by atoms with Gasteiger partial charge in [0.2, 0.25) is 0 Å². The molecule has 0 amide bonds. The van der Waals surface area contributed by atoms with E-state index in [0.29, 0.717) is 10.0 Å². The molecule has 19 heavy (non-hydrogen) atoms. The van der Waals surface area contributed by atoms with Crippen LogP contribution in [0.4, 0.5) is 5.69 Å². The molecule has 0 heterocycles. The lowest BCUT2D eigenvalue weighted by Crippen LogP contribution is -2.08. The SMILES string of the molecule is Cc1c(Cl)cccc1NC(C)c1cccc(Cl)c1Cl. The lowest BCUT2D eigenvalue weighted by atomic mass is 10.1. The molecule has 0 saturated heterocycles. The molecule has 1 nitrogen and oxygen atoms in total. The third kappa shape index (κ3) is 3.17. The summed E-state index contributed by atoms with van der Waals surface area (Å²) in [6.07, 6.45) is 0. The van der Waals surface area contributed by atoms with Gasteiger partial charge in [0.05, 0.1) is 16.1 Å². The maximum Gasteiger partial charge on any atom is 0.0644 e. The average molecular weight is 315 g/mol. The van der Waals surface area contributed by atoms with E-state index in [1.807, 2.05) is 44.2 Å². The van der Waals surface area contributed by atoms with Gasteiger partial charge in [0, 0.05) is 10.7 Å². The predicted octanol–water partition coefficient (Wildman–Crippen LogP) is 6.13.